The minimum absolute atomic E-state index is 0.00104. The molecule has 1 amide bonds. The summed E-state index contributed by atoms with van der Waals surface area (Å²) >= 11 is 0.983. The van der Waals surface area contributed by atoms with Crippen LogP contribution in [-0.2, 0) is 27.1 Å². The lowest BCUT2D eigenvalue weighted by Crippen LogP contribution is -2.24. The summed E-state index contributed by atoms with van der Waals surface area (Å²) in [5, 5.41) is 2.69. The van der Waals surface area contributed by atoms with Gasteiger partial charge in [0.2, 0.25) is 15.9 Å². The number of rotatable bonds is 8. The smallest absolute Gasteiger partial charge is 0.230 e. The molecule has 0 unspecified atom stereocenters. The summed E-state index contributed by atoms with van der Waals surface area (Å²) in [6, 6.07) is 10.0. The topological polar surface area (TPSA) is 75.3 Å². The highest BCUT2D eigenvalue weighted by molar-refractivity contribution is 8.00. The van der Waals surface area contributed by atoms with Crippen LogP contribution in [0.1, 0.15) is 11.1 Å². The van der Waals surface area contributed by atoms with Crippen LogP contribution < -0.4 is 10.0 Å². The molecule has 0 aliphatic rings. The average Bonchev–Trinajstić information content (AvgIpc) is 2.60. The van der Waals surface area contributed by atoms with Crippen LogP contribution >= 0.6 is 11.8 Å². The van der Waals surface area contributed by atoms with Gasteiger partial charge in [0.15, 0.2) is 0 Å². The lowest BCUT2D eigenvalue weighted by atomic mass is 10.1. The quantitative estimate of drug-likeness (QED) is 0.668. The Morgan fingerprint density at radius 3 is 2.35 bits per heavy atom. The second kappa shape index (κ2) is 9.11. The fourth-order valence-corrected chi connectivity index (χ4v) is 3.56. The number of sulfonamides is 1. The van der Waals surface area contributed by atoms with Crippen LogP contribution in [0.3, 0.4) is 0 Å². The molecule has 0 fully saturated rings. The predicted octanol–water partition coefficient (Wildman–Crippen LogP) is 2.42. The highest BCUT2D eigenvalue weighted by Crippen LogP contribution is 2.22. The number of carbonyl (C=O) groups is 1. The van der Waals surface area contributed by atoms with E-state index in [0.29, 0.717) is 5.56 Å². The molecule has 0 saturated carbocycles. The number of carbonyl (C=O) groups excluding carboxylic acids is 1. The predicted molar refractivity (Wildman–Crippen MR) is 97.1 cm³/mol. The standard InChI is InChI=1S/C17H18F2N2O3S2/c1-20-26(23,24)11-13-4-2-12(3-5-13)9-21-17(22)10-25-16-7-6-14(18)8-15(16)19/h2-8,20H,9-11H2,1H3,(H,21,22). The summed E-state index contributed by atoms with van der Waals surface area (Å²) in [6.07, 6.45) is 0. The lowest BCUT2D eigenvalue weighted by Gasteiger charge is -2.07. The van der Waals surface area contributed by atoms with Crippen molar-refractivity contribution in [3.63, 3.8) is 0 Å². The van der Waals surface area contributed by atoms with Gasteiger partial charge in [-0.05, 0) is 30.3 Å². The summed E-state index contributed by atoms with van der Waals surface area (Å²) < 4.78 is 51.5. The highest BCUT2D eigenvalue weighted by Gasteiger charge is 2.09. The molecule has 0 spiro atoms. The van der Waals surface area contributed by atoms with E-state index in [1.165, 1.54) is 13.1 Å². The van der Waals surface area contributed by atoms with E-state index in [1.807, 2.05) is 0 Å². The molecule has 140 valence electrons. The molecular weight excluding hydrogens is 382 g/mol. The van der Waals surface area contributed by atoms with Crippen LogP contribution in [0.5, 0.6) is 0 Å². The van der Waals surface area contributed by atoms with Gasteiger partial charge in [-0.15, -0.1) is 11.8 Å². The van der Waals surface area contributed by atoms with Crippen molar-refractivity contribution in [2.45, 2.75) is 17.2 Å². The van der Waals surface area contributed by atoms with Crippen LogP contribution in [0.2, 0.25) is 0 Å². The Morgan fingerprint density at radius 1 is 1.08 bits per heavy atom. The van der Waals surface area contributed by atoms with E-state index in [-0.39, 0.29) is 28.9 Å². The molecule has 0 aliphatic carbocycles. The third kappa shape index (κ3) is 6.40. The monoisotopic (exact) mass is 400 g/mol. The van der Waals surface area contributed by atoms with Crippen molar-refractivity contribution < 1.29 is 22.0 Å². The summed E-state index contributed by atoms with van der Waals surface area (Å²) in [5.41, 5.74) is 1.44. The van der Waals surface area contributed by atoms with Crippen molar-refractivity contribution in [1.29, 1.82) is 0 Å². The Kier molecular flexibility index (Phi) is 7.13. The molecule has 0 aliphatic heterocycles. The number of amides is 1. The number of hydrogen-bond donors (Lipinski definition) is 2. The summed E-state index contributed by atoms with van der Waals surface area (Å²) in [7, 11) is -1.97. The molecule has 2 aromatic carbocycles. The van der Waals surface area contributed by atoms with E-state index < -0.39 is 21.7 Å². The maximum Gasteiger partial charge on any atom is 0.230 e. The first-order valence-electron chi connectivity index (χ1n) is 7.62. The molecule has 0 heterocycles. The number of halogens is 2. The zero-order valence-electron chi connectivity index (χ0n) is 14.0. The van der Waals surface area contributed by atoms with Gasteiger partial charge in [0, 0.05) is 17.5 Å². The second-order valence-electron chi connectivity index (χ2n) is 5.42. The Labute approximate surface area is 155 Å². The lowest BCUT2D eigenvalue weighted by molar-refractivity contribution is -0.118. The molecule has 0 aromatic heterocycles. The fourth-order valence-electron chi connectivity index (χ4n) is 2.03. The molecule has 0 radical (unpaired) electrons. The van der Waals surface area contributed by atoms with Crippen LogP contribution in [0.15, 0.2) is 47.4 Å². The Morgan fingerprint density at radius 2 is 1.73 bits per heavy atom. The van der Waals surface area contributed by atoms with Crippen LogP contribution in [-0.4, -0.2) is 27.1 Å². The third-order valence-electron chi connectivity index (χ3n) is 3.43. The van der Waals surface area contributed by atoms with E-state index in [4.69, 9.17) is 0 Å². The molecule has 0 saturated heterocycles. The average molecular weight is 400 g/mol. The molecule has 2 rings (SSSR count). The van der Waals surface area contributed by atoms with E-state index in [0.717, 1.165) is 29.5 Å². The zero-order valence-corrected chi connectivity index (χ0v) is 15.6. The van der Waals surface area contributed by atoms with Crippen molar-refractivity contribution in [2.24, 2.45) is 0 Å². The largest absolute Gasteiger partial charge is 0.351 e. The van der Waals surface area contributed by atoms with E-state index in [9.17, 15) is 22.0 Å². The van der Waals surface area contributed by atoms with Gasteiger partial charge in [-0.2, -0.15) is 0 Å². The fraction of sp³-hybridized carbons (Fsp3) is 0.235. The number of nitrogens with one attached hydrogen (secondary N) is 2. The minimum atomic E-state index is -3.33. The first kappa shape index (κ1) is 20.3. The molecule has 2 N–H and O–H groups in total. The van der Waals surface area contributed by atoms with Crippen LogP contribution in [0.4, 0.5) is 8.78 Å². The molecule has 0 bridgehead atoms. The zero-order chi connectivity index (χ0) is 19.2. The van der Waals surface area contributed by atoms with Gasteiger partial charge >= 0.3 is 0 Å². The summed E-state index contributed by atoms with van der Waals surface area (Å²) in [4.78, 5) is 12.1. The third-order valence-corrected chi connectivity index (χ3v) is 5.82. The van der Waals surface area contributed by atoms with E-state index >= 15 is 0 Å². The molecule has 0 atom stereocenters. The van der Waals surface area contributed by atoms with Crippen molar-refractivity contribution in [3.05, 3.63) is 65.2 Å². The van der Waals surface area contributed by atoms with Crippen molar-refractivity contribution in [3.8, 4) is 0 Å². The Bertz CT molecular complexity index is 872. The molecule has 9 heteroatoms. The van der Waals surface area contributed by atoms with Gasteiger partial charge in [0.05, 0.1) is 11.5 Å². The maximum absolute atomic E-state index is 13.5. The molecule has 2 aromatic rings. The molecule has 26 heavy (non-hydrogen) atoms. The van der Waals surface area contributed by atoms with Crippen LogP contribution in [0, 0.1) is 11.6 Å². The van der Waals surface area contributed by atoms with Gasteiger partial charge in [-0.3, -0.25) is 4.79 Å². The van der Waals surface area contributed by atoms with Crippen molar-refractivity contribution >= 4 is 27.7 Å². The first-order valence-corrected chi connectivity index (χ1v) is 10.3. The minimum Gasteiger partial charge on any atom is -0.351 e. The van der Waals surface area contributed by atoms with Gasteiger partial charge in [-0.25, -0.2) is 21.9 Å². The van der Waals surface area contributed by atoms with Gasteiger partial charge in [-0.1, -0.05) is 24.3 Å². The second-order valence-corrected chi connectivity index (χ2v) is 8.36. The maximum atomic E-state index is 13.5. The highest BCUT2D eigenvalue weighted by atomic mass is 32.2. The van der Waals surface area contributed by atoms with Gasteiger partial charge in [0.1, 0.15) is 11.6 Å². The Hall–Kier alpha value is -1.97. The summed E-state index contributed by atoms with van der Waals surface area (Å²) in [6.45, 7) is 0.268. The summed E-state index contributed by atoms with van der Waals surface area (Å²) in [5.74, 6) is -1.77. The van der Waals surface area contributed by atoms with Gasteiger partial charge in [0.25, 0.3) is 0 Å². The number of thioether (sulfide) groups is 1. The van der Waals surface area contributed by atoms with Crippen molar-refractivity contribution in [1.82, 2.24) is 10.0 Å². The van der Waals surface area contributed by atoms with E-state index in [2.05, 4.69) is 10.0 Å². The normalized spacial score (nSPS) is 11.3. The van der Waals surface area contributed by atoms with Gasteiger partial charge < -0.3 is 5.32 Å². The Balaban J connectivity index is 1.81. The molecule has 5 nitrogen and oxygen atoms in total. The SMILES string of the molecule is CNS(=O)(=O)Cc1ccc(CNC(=O)CSc2ccc(F)cc2F)cc1. The number of hydrogen-bond acceptors (Lipinski definition) is 4. The first-order chi connectivity index (χ1) is 12.3. The number of benzene rings is 2. The van der Waals surface area contributed by atoms with Crippen molar-refractivity contribution in [2.75, 3.05) is 12.8 Å². The van der Waals surface area contributed by atoms with Crippen LogP contribution in [0.25, 0.3) is 0 Å². The van der Waals surface area contributed by atoms with E-state index in [1.54, 1.807) is 24.3 Å². The molecular formula is C17H18F2N2O3S2.